The van der Waals surface area contributed by atoms with Crippen LogP contribution in [0.15, 0.2) is 53.4 Å². The molecule has 0 radical (unpaired) electrons. The van der Waals surface area contributed by atoms with Crippen molar-refractivity contribution in [3.63, 3.8) is 0 Å². The van der Waals surface area contributed by atoms with Crippen molar-refractivity contribution in [1.29, 1.82) is 0 Å². The van der Waals surface area contributed by atoms with E-state index in [0.29, 0.717) is 12.8 Å². The summed E-state index contributed by atoms with van der Waals surface area (Å²) in [7, 11) is -4.37. The Bertz CT molecular complexity index is 1300. The van der Waals surface area contributed by atoms with E-state index < -0.39 is 51.6 Å². The van der Waals surface area contributed by atoms with E-state index in [9.17, 15) is 36.7 Å². The van der Waals surface area contributed by atoms with Crippen molar-refractivity contribution in [3.8, 4) is 0 Å². The van der Waals surface area contributed by atoms with Crippen molar-refractivity contribution in [1.82, 2.24) is 14.5 Å². The van der Waals surface area contributed by atoms with E-state index >= 15 is 0 Å². The van der Waals surface area contributed by atoms with Crippen LogP contribution in [0.1, 0.15) is 48.9 Å². The molecule has 1 saturated heterocycles. The minimum absolute atomic E-state index is 0.0711. The van der Waals surface area contributed by atoms with Crippen LogP contribution < -0.4 is 5.32 Å². The quantitative estimate of drug-likeness (QED) is 0.522. The molecule has 204 valence electrons. The summed E-state index contributed by atoms with van der Waals surface area (Å²) in [5, 5.41) is 12.2. The van der Waals surface area contributed by atoms with Gasteiger partial charge in [0.1, 0.15) is 11.6 Å². The number of rotatable bonds is 8. The van der Waals surface area contributed by atoms with E-state index in [4.69, 9.17) is 0 Å². The number of sulfonamides is 1. The van der Waals surface area contributed by atoms with Crippen molar-refractivity contribution >= 4 is 27.8 Å². The SMILES string of the molecule is O=C(O)CC(NC(=O)C1N(C(=O)c2cccc(F)c2)CCN1S(=O)(=O)c1ccc(F)cc1)C1CCCCC1. The van der Waals surface area contributed by atoms with Gasteiger partial charge in [0.05, 0.1) is 11.3 Å². The van der Waals surface area contributed by atoms with Gasteiger partial charge in [-0.15, -0.1) is 0 Å². The van der Waals surface area contributed by atoms with E-state index in [-0.39, 0.29) is 35.9 Å². The van der Waals surface area contributed by atoms with Crippen LogP contribution >= 0.6 is 0 Å². The zero-order valence-electron chi connectivity index (χ0n) is 20.6. The second-order valence-corrected chi connectivity index (χ2v) is 11.5. The summed E-state index contributed by atoms with van der Waals surface area (Å²) >= 11 is 0. The maximum Gasteiger partial charge on any atom is 0.305 e. The summed E-state index contributed by atoms with van der Waals surface area (Å²) in [6.45, 7) is -0.410. The van der Waals surface area contributed by atoms with Gasteiger partial charge in [0.2, 0.25) is 10.0 Å². The van der Waals surface area contributed by atoms with Crippen LogP contribution in [0.4, 0.5) is 8.78 Å². The highest BCUT2D eigenvalue weighted by atomic mass is 32.2. The van der Waals surface area contributed by atoms with Gasteiger partial charge in [0.15, 0.2) is 6.17 Å². The highest BCUT2D eigenvalue weighted by molar-refractivity contribution is 7.89. The second kappa shape index (κ2) is 11.6. The maximum atomic E-state index is 13.8. The molecular formula is C26H29F2N3O6S. The molecule has 2 amide bonds. The van der Waals surface area contributed by atoms with Crippen molar-refractivity contribution in [2.24, 2.45) is 5.92 Å². The third-order valence-corrected chi connectivity index (χ3v) is 8.93. The number of amides is 2. The average Bonchev–Trinajstić information content (AvgIpc) is 3.35. The van der Waals surface area contributed by atoms with Gasteiger partial charge in [0, 0.05) is 24.7 Å². The normalized spacial score (nSPS) is 19.7. The van der Waals surface area contributed by atoms with Crippen LogP contribution in [-0.4, -0.2) is 65.8 Å². The number of carbonyl (C=O) groups is 3. The van der Waals surface area contributed by atoms with E-state index in [0.717, 1.165) is 64.9 Å². The molecule has 12 heteroatoms. The van der Waals surface area contributed by atoms with Gasteiger partial charge < -0.3 is 15.3 Å². The fraction of sp³-hybridized carbons (Fsp3) is 0.423. The average molecular weight is 550 g/mol. The molecule has 2 atom stereocenters. The first-order valence-corrected chi connectivity index (χ1v) is 13.9. The number of halogens is 2. The minimum atomic E-state index is -4.37. The number of hydrogen-bond donors (Lipinski definition) is 2. The Morgan fingerprint density at radius 1 is 0.974 bits per heavy atom. The molecule has 0 aromatic heterocycles. The van der Waals surface area contributed by atoms with E-state index in [1.165, 1.54) is 12.1 Å². The summed E-state index contributed by atoms with van der Waals surface area (Å²) in [4.78, 5) is 39.4. The van der Waals surface area contributed by atoms with E-state index in [1.807, 2.05) is 0 Å². The first-order chi connectivity index (χ1) is 18.1. The fourth-order valence-electron chi connectivity index (χ4n) is 5.19. The molecule has 2 N–H and O–H groups in total. The molecule has 2 unspecified atom stereocenters. The Labute approximate surface area is 219 Å². The van der Waals surface area contributed by atoms with Gasteiger partial charge in [0.25, 0.3) is 11.8 Å². The molecule has 1 saturated carbocycles. The number of carbonyl (C=O) groups excluding carboxylic acids is 2. The lowest BCUT2D eigenvalue weighted by molar-refractivity contribution is -0.138. The summed E-state index contributed by atoms with van der Waals surface area (Å²) in [5.74, 6) is -4.16. The first-order valence-electron chi connectivity index (χ1n) is 12.4. The lowest BCUT2D eigenvalue weighted by Gasteiger charge is -2.34. The lowest BCUT2D eigenvalue weighted by atomic mass is 9.82. The summed E-state index contributed by atoms with van der Waals surface area (Å²) in [6, 6.07) is 8.12. The maximum absolute atomic E-state index is 13.8. The number of carboxylic acids is 1. The topological polar surface area (TPSA) is 124 Å². The predicted molar refractivity (Wildman–Crippen MR) is 132 cm³/mol. The Hall–Kier alpha value is -3.38. The number of aliphatic carboxylic acids is 1. The molecule has 4 rings (SSSR count). The molecule has 1 aliphatic carbocycles. The van der Waals surface area contributed by atoms with Gasteiger partial charge in [-0.3, -0.25) is 14.4 Å². The number of nitrogens with one attached hydrogen (secondary N) is 1. The third kappa shape index (κ3) is 6.02. The van der Waals surface area contributed by atoms with Crippen LogP contribution in [0.2, 0.25) is 0 Å². The number of hydrogen-bond acceptors (Lipinski definition) is 5. The van der Waals surface area contributed by atoms with E-state index in [1.54, 1.807) is 0 Å². The number of nitrogens with zero attached hydrogens (tertiary/aromatic N) is 2. The zero-order chi connectivity index (χ0) is 27.4. The molecule has 2 aromatic rings. The fourth-order valence-corrected chi connectivity index (χ4v) is 6.73. The van der Waals surface area contributed by atoms with Crippen molar-refractivity contribution in [2.45, 2.75) is 55.6 Å². The lowest BCUT2D eigenvalue weighted by Crippen LogP contribution is -2.56. The predicted octanol–water partition coefficient (Wildman–Crippen LogP) is 2.98. The van der Waals surface area contributed by atoms with Gasteiger partial charge in [-0.2, -0.15) is 4.31 Å². The van der Waals surface area contributed by atoms with Gasteiger partial charge in [-0.1, -0.05) is 25.3 Å². The Morgan fingerprint density at radius 3 is 2.29 bits per heavy atom. The highest BCUT2D eigenvalue weighted by Gasteiger charge is 2.47. The van der Waals surface area contributed by atoms with Crippen molar-refractivity contribution in [2.75, 3.05) is 13.1 Å². The molecule has 1 aliphatic heterocycles. The molecular weight excluding hydrogens is 520 g/mol. The molecule has 9 nitrogen and oxygen atoms in total. The molecule has 2 aliphatic rings. The van der Waals surface area contributed by atoms with Crippen LogP contribution in [-0.2, 0) is 19.6 Å². The monoisotopic (exact) mass is 549 g/mol. The van der Waals surface area contributed by atoms with Crippen LogP contribution in [0.25, 0.3) is 0 Å². The number of benzene rings is 2. The Morgan fingerprint density at radius 2 is 1.66 bits per heavy atom. The van der Waals surface area contributed by atoms with Crippen molar-refractivity contribution < 1.29 is 36.7 Å². The Balaban J connectivity index is 1.69. The number of carboxylic acid groups (broad SMARTS) is 1. The van der Waals surface area contributed by atoms with Crippen LogP contribution in [0.3, 0.4) is 0 Å². The first kappa shape index (κ1) is 27.6. The molecule has 38 heavy (non-hydrogen) atoms. The summed E-state index contributed by atoms with van der Waals surface area (Å²) < 4.78 is 55.2. The Kier molecular flexibility index (Phi) is 8.41. The minimum Gasteiger partial charge on any atom is -0.481 e. The second-order valence-electron chi connectivity index (χ2n) is 9.56. The summed E-state index contributed by atoms with van der Waals surface area (Å²) in [5.41, 5.74) is -0.0711. The third-order valence-electron chi connectivity index (χ3n) is 7.06. The zero-order valence-corrected chi connectivity index (χ0v) is 21.4. The van der Waals surface area contributed by atoms with E-state index in [2.05, 4.69) is 5.32 Å². The molecule has 1 heterocycles. The molecule has 2 aromatic carbocycles. The molecule has 0 bridgehead atoms. The molecule has 0 spiro atoms. The summed E-state index contributed by atoms with van der Waals surface area (Å²) in [6.07, 6.45) is 2.20. The van der Waals surface area contributed by atoms with Gasteiger partial charge in [-0.05, 0) is 61.2 Å². The smallest absolute Gasteiger partial charge is 0.305 e. The standard InChI is InChI=1S/C26H29F2N3O6S/c27-19-9-11-21(12-10-19)38(36,37)31-14-13-30(26(35)18-7-4-8-20(28)15-18)25(31)24(34)29-22(16-23(32)33)17-5-2-1-3-6-17/h4,7-12,15,17,22,25H,1-3,5-6,13-14,16H2,(H,29,34)(H,32,33). The van der Waals surface area contributed by atoms with Gasteiger partial charge in [-0.25, -0.2) is 17.2 Å². The largest absolute Gasteiger partial charge is 0.481 e. The molecule has 2 fully saturated rings. The van der Waals surface area contributed by atoms with Crippen LogP contribution in [0.5, 0.6) is 0 Å². The van der Waals surface area contributed by atoms with Crippen molar-refractivity contribution in [3.05, 3.63) is 65.7 Å². The highest BCUT2D eigenvalue weighted by Crippen LogP contribution is 2.30. The van der Waals surface area contributed by atoms with Crippen LogP contribution in [0, 0.1) is 17.6 Å². The van der Waals surface area contributed by atoms with Gasteiger partial charge >= 0.3 is 5.97 Å².